The van der Waals surface area contributed by atoms with Crippen molar-refractivity contribution in [1.82, 2.24) is 9.80 Å². The monoisotopic (exact) mass is 334 g/mol. The van der Waals surface area contributed by atoms with Crippen molar-refractivity contribution in [3.8, 4) is 0 Å². The summed E-state index contributed by atoms with van der Waals surface area (Å²) in [5.74, 6) is 0. The van der Waals surface area contributed by atoms with Crippen molar-refractivity contribution < 1.29 is 24.2 Å². The Bertz CT molecular complexity index is 638. The van der Waals surface area contributed by atoms with Crippen LogP contribution < -0.4 is 0 Å². The Morgan fingerprint density at radius 1 is 1.25 bits per heavy atom. The van der Waals surface area contributed by atoms with E-state index in [1.165, 1.54) is 9.80 Å². The molecule has 1 aromatic carbocycles. The predicted molar refractivity (Wildman–Crippen MR) is 87.1 cm³/mol. The lowest BCUT2D eigenvalue weighted by Gasteiger charge is -2.40. The van der Waals surface area contributed by atoms with Gasteiger partial charge in [0.2, 0.25) is 0 Å². The number of ether oxygens (including phenoxy) is 1. The lowest BCUT2D eigenvalue weighted by Crippen LogP contribution is -2.53. The first kappa shape index (κ1) is 17.8. The third-order valence-electron chi connectivity index (χ3n) is 3.76. The topological polar surface area (TPSA) is 87.2 Å². The van der Waals surface area contributed by atoms with Gasteiger partial charge in [0, 0.05) is 25.2 Å². The molecule has 0 saturated carbocycles. The summed E-state index contributed by atoms with van der Waals surface area (Å²) in [6, 6.07) is 6.20. The smallest absolute Gasteiger partial charge is 0.410 e. The standard InChI is InChI=1S/C17H22N2O5/c1-17(2,3)24-16(23)18-8-9-19(15(21)22)14(10-18)13-7-5-4-6-12(13)11-20/h4-7,11,14H,8-10H2,1-3H3,(H,21,22). The van der Waals surface area contributed by atoms with Gasteiger partial charge in [-0.1, -0.05) is 24.3 Å². The third-order valence-corrected chi connectivity index (χ3v) is 3.76. The van der Waals surface area contributed by atoms with Crippen molar-refractivity contribution in [1.29, 1.82) is 0 Å². The molecule has 0 aliphatic carbocycles. The van der Waals surface area contributed by atoms with Gasteiger partial charge < -0.3 is 14.7 Å². The molecule has 0 radical (unpaired) electrons. The fourth-order valence-corrected chi connectivity index (χ4v) is 2.69. The fraction of sp³-hybridized carbons (Fsp3) is 0.471. The zero-order chi connectivity index (χ0) is 17.9. The van der Waals surface area contributed by atoms with Crippen LogP contribution in [0.5, 0.6) is 0 Å². The number of benzene rings is 1. The first-order valence-corrected chi connectivity index (χ1v) is 7.74. The van der Waals surface area contributed by atoms with E-state index >= 15 is 0 Å². The Kier molecular flexibility index (Phi) is 5.11. The van der Waals surface area contributed by atoms with Crippen molar-refractivity contribution in [2.24, 2.45) is 0 Å². The minimum absolute atomic E-state index is 0.145. The number of carboxylic acid groups (broad SMARTS) is 1. The van der Waals surface area contributed by atoms with Gasteiger partial charge in [-0.2, -0.15) is 0 Å². The minimum atomic E-state index is -1.08. The summed E-state index contributed by atoms with van der Waals surface area (Å²) in [6.45, 7) is 5.88. The molecule has 130 valence electrons. The lowest BCUT2D eigenvalue weighted by atomic mass is 9.98. The predicted octanol–water partition coefficient (Wildman–Crippen LogP) is 2.77. The van der Waals surface area contributed by atoms with E-state index in [2.05, 4.69) is 0 Å². The fourth-order valence-electron chi connectivity index (χ4n) is 2.69. The first-order valence-electron chi connectivity index (χ1n) is 7.74. The minimum Gasteiger partial charge on any atom is -0.465 e. The van der Waals surface area contributed by atoms with Crippen molar-refractivity contribution in [3.05, 3.63) is 35.4 Å². The maximum Gasteiger partial charge on any atom is 0.410 e. The summed E-state index contributed by atoms with van der Waals surface area (Å²) < 4.78 is 5.37. The summed E-state index contributed by atoms with van der Waals surface area (Å²) in [6.07, 6.45) is -0.868. The Balaban J connectivity index is 2.29. The summed E-state index contributed by atoms with van der Waals surface area (Å²) in [4.78, 5) is 37.9. The van der Waals surface area contributed by atoms with Crippen molar-refractivity contribution >= 4 is 18.5 Å². The van der Waals surface area contributed by atoms with Crippen LogP contribution in [0.1, 0.15) is 42.7 Å². The van der Waals surface area contributed by atoms with E-state index in [1.54, 1.807) is 45.0 Å². The molecule has 1 aliphatic heterocycles. The average molecular weight is 334 g/mol. The molecular weight excluding hydrogens is 312 g/mol. The third kappa shape index (κ3) is 4.04. The Hall–Kier alpha value is -2.57. The van der Waals surface area contributed by atoms with Crippen molar-refractivity contribution in [2.75, 3.05) is 19.6 Å². The summed E-state index contributed by atoms with van der Waals surface area (Å²) in [5, 5.41) is 9.45. The first-order chi connectivity index (χ1) is 11.2. The highest BCUT2D eigenvalue weighted by Crippen LogP contribution is 2.28. The lowest BCUT2D eigenvalue weighted by molar-refractivity contribution is 0.00506. The van der Waals surface area contributed by atoms with E-state index in [1.807, 2.05) is 0 Å². The second kappa shape index (κ2) is 6.90. The number of hydrogen-bond donors (Lipinski definition) is 1. The Morgan fingerprint density at radius 3 is 2.50 bits per heavy atom. The molecule has 24 heavy (non-hydrogen) atoms. The Labute approximate surface area is 140 Å². The van der Waals surface area contributed by atoms with Crippen LogP contribution in [0.4, 0.5) is 9.59 Å². The van der Waals surface area contributed by atoms with Crippen LogP contribution in [0.3, 0.4) is 0 Å². The largest absolute Gasteiger partial charge is 0.465 e. The molecule has 1 unspecified atom stereocenters. The molecule has 1 heterocycles. The van der Waals surface area contributed by atoms with E-state index in [0.29, 0.717) is 17.4 Å². The van der Waals surface area contributed by atoms with Gasteiger partial charge in [0.05, 0.1) is 6.04 Å². The SMILES string of the molecule is CC(C)(C)OC(=O)N1CCN(C(=O)O)C(c2ccccc2C=O)C1. The van der Waals surface area contributed by atoms with Crippen LogP contribution in [0.2, 0.25) is 0 Å². The highest BCUT2D eigenvalue weighted by molar-refractivity contribution is 5.78. The molecule has 1 N–H and O–H groups in total. The zero-order valence-corrected chi connectivity index (χ0v) is 14.1. The van der Waals surface area contributed by atoms with E-state index in [-0.39, 0.29) is 19.6 Å². The molecule has 7 heteroatoms. The molecule has 1 saturated heterocycles. The van der Waals surface area contributed by atoms with Crippen LogP contribution in [-0.2, 0) is 4.74 Å². The van der Waals surface area contributed by atoms with Gasteiger partial charge in [0.15, 0.2) is 0 Å². The number of carbonyl (C=O) groups is 3. The van der Waals surface area contributed by atoms with Crippen LogP contribution in [0, 0.1) is 0 Å². The summed E-state index contributed by atoms with van der Waals surface area (Å²) in [5.41, 5.74) is 0.375. The second-order valence-corrected chi connectivity index (χ2v) is 6.66. The normalized spacial score (nSPS) is 18.2. The number of aldehydes is 1. The highest BCUT2D eigenvalue weighted by atomic mass is 16.6. The van der Waals surface area contributed by atoms with Crippen LogP contribution in [0.25, 0.3) is 0 Å². The molecule has 2 amide bonds. The van der Waals surface area contributed by atoms with Crippen molar-refractivity contribution in [2.45, 2.75) is 32.4 Å². The van der Waals surface area contributed by atoms with E-state index in [9.17, 15) is 19.5 Å². The number of carbonyl (C=O) groups excluding carboxylic acids is 2. The molecule has 2 rings (SSSR count). The second-order valence-electron chi connectivity index (χ2n) is 6.66. The molecule has 0 bridgehead atoms. The quantitative estimate of drug-likeness (QED) is 0.840. The van der Waals surface area contributed by atoms with Gasteiger partial charge in [0.25, 0.3) is 0 Å². The van der Waals surface area contributed by atoms with Gasteiger partial charge in [0.1, 0.15) is 11.9 Å². The molecule has 1 aromatic rings. The van der Waals surface area contributed by atoms with Gasteiger partial charge in [-0.15, -0.1) is 0 Å². The van der Waals surface area contributed by atoms with Gasteiger partial charge in [-0.25, -0.2) is 9.59 Å². The maximum atomic E-state index is 12.3. The van der Waals surface area contributed by atoms with Crippen molar-refractivity contribution in [3.63, 3.8) is 0 Å². The number of rotatable bonds is 2. The molecule has 1 atom stereocenters. The van der Waals surface area contributed by atoms with Crippen LogP contribution >= 0.6 is 0 Å². The molecular formula is C17H22N2O5. The molecule has 1 aliphatic rings. The van der Waals surface area contributed by atoms with Crippen LogP contribution in [0.15, 0.2) is 24.3 Å². The summed E-state index contributed by atoms with van der Waals surface area (Å²) in [7, 11) is 0. The van der Waals surface area contributed by atoms with Gasteiger partial charge in [-0.3, -0.25) is 9.69 Å². The summed E-state index contributed by atoms with van der Waals surface area (Å²) >= 11 is 0. The Morgan fingerprint density at radius 2 is 1.92 bits per heavy atom. The zero-order valence-electron chi connectivity index (χ0n) is 14.1. The maximum absolute atomic E-state index is 12.3. The van der Waals surface area contributed by atoms with Gasteiger partial charge in [-0.05, 0) is 26.3 Å². The van der Waals surface area contributed by atoms with Gasteiger partial charge >= 0.3 is 12.2 Å². The number of piperazine rings is 1. The molecule has 1 fully saturated rings. The van der Waals surface area contributed by atoms with E-state index in [4.69, 9.17) is 4.74 Å². The number of nitrogens with zero attached hydrogens (tertiary/aromatic N) is 2. The molecule has 0 spiro atoms. The average Bonchev–Trinajstić information content (AvgIpc) is 2.52. The number of hydrogen-bond acceptors (Lipinski definition) is 4. The molecule has 0 aromatic heterocycles. The molecule has 7 nitrogen and oxygen atoms in total. The van der Waals surface area contributed by atoms with E-state index < -0.39 is 23.8 Å². The number of amides is 2. The highest BCUT2D eigenvalue weighted by Gasteiger charge is 2.36. The van der Waals surface area contributed by atoms with Crippen LogP contribution in [-0.4, -0.2) is 58.6 Å². The van der Waals surface area contributed by atoms with E-state index in [0.717, 1.165) is 0 Å².